The summed E-state index contributed by atoms with van der Waals surface area (Å²) in [6, 6.07) is 14.0. The van der Waals surface area contributed by atoms with Gasteiger partial charge >= 0.3 is 0 Å². The smallest absolute Gasteiger partial charge is 0.267 e. The highest BCUT2D eigenvalue weighted by molar-refractivity contribution is 7.90. The van der Waals surface area contributed by atoms with Gasteiger partial charge in [0.15, 0.2) is 9.84 Å². The number of hydrogen-bond acceptors (Lipinski definition) is 4. The molecule has 3 aromatic rings. The fourth-order valence-electron chi connectivity index (χ4n) is 2.59. The zero-order valence-electron chi connectivity index (χ0n) is 13.8. The number of amides is 1. The molecule has 0 spiro atoms. The lowest BCUT2D eigenvalue weighted by Crippen LogP contribution is -2.12. The van der Waals surface area contributed by atoms with Gasteiger partial charge in [0.25, 0.3) is 5.91 Å². The van der Waals surface area contributed by atoms with Gasteiger partial charge in [-0.3, -0.25) is 9.89 Å². The number of nitrogens with zero attached hydrogens (tertiary/aromatic N) is 1. The molecular weight excluding hydrogens is 338 g/mol. The van der Waals surface area contributed by atoms with Crippen molar-refractivity contribution in [3.05, 3.63) is 59.8 Å². The SMILES string of the molecule is Cc1ccc(-c2c(-c3ccc(S(C)(=O)=O)cc3)n[nH]c2C(N)=O)cc1. The van der Waals surface area contributed by atoms with Crippen molar-refractivity contribution >= 4 is 15.7 Å². The van der Waals surface area contributed by atoms with Crippen LogP contribution in [0.25, 0.3) is 22.4 Å². The second-order valence-corrected chi connectivity index (χ2v) is 7.86. The number of aromatic nitrogens is 2. The minimum atomic E-state index is -3.28. The highest BCUT2D eigenvalue weighted by atomic mass is 32.2. The molecule has 128 valence electrons. The van der Waals surface area contributed by atoms with E-state index in [1.807, 2.05) is 31.2 Å². The topological polar surface area (TPSA) is 106 Å². The first-order chi connectivity index (χ1) is 11.8. The molecule has 0 unspecified atom stereocenters. The molecule has 0 fully saturated rings. The van der Waals surface area contributed by atoms with Gasteiger partial charge < -0.3 is 5.73 Å². The molecule has 3 rings (SSSR count). The Balaban J connectivity index is 2.17. The molecule has 1 aromatic heterocycles. The zero-order valence-corrected chi connectivity index (χ0v) is 14.6. The molecule has 7 heteroatoms. The number of sulfone groups is 1. The quantitative estimate of drug-likeness (QED) is 0.750. The standard InChI is InChI=1S/C18H17N3O3S/c1-11-3-5-12(6-4-11)15-16(20-21-17(15)18(19)22)13-7-9-14(10-8-13)25(2,23)24/h3-10H,1-2H3,(H2,19,22)(H,20,21). The summed E-state index contributed by atoms with van der Waals surface area (Å²) in [5, 5.41) is 6.91. The highest BCUT2D eigenvalue weighted by Gasteiger charge is 2.20. The Labute approximate surface area is 145 Å². The predicted octanol–water partition coefficient (Wildman–Crippen LogP) is 2.55. The van der Waals surface area contributed by atoms with Crippen LogP contribution in [-0.2, 0) is 9.84 Å². The molecule has 0 saturated heterocycles. The molecule has 0 aliphatic rings. The van der Waals surface area contributed by atoms with Crippen LogP contribution in [0.2, 0.25) is 0 Å². The molecule has 2 aromatic carbocycles. The van der Waals surface area contributed by atoms with Crippen LogP contribution in [0.1, 0.15) is 16.1 Å². The van der Waals surface area contributed by atoms with Crippen molar-refractivity contribution in [3.63, 3.8) is 0 Å². The van der Waals surface area contributed by atoms with Crippen molar-refractivity contribution in [1.29, 1.82) is 0 Å². The van der Waals surface area contributed by atoms with Crippen molar-refractivity contribution in [1.82, 2.24) is 10.2 Å². The van der Waals surface area contributed by atoms with E-state index in [2.05, 4.69) is 10.2 Å². The Morgan fingerprint density at radius 2 is 1.56 bits per heavy atom. The molecule has 0 saturated carbocycles. The van der Waals surface area contributed by atoms with Crippen molar-refractivity contribution in [3.8, 4) is 22.4 Å². The van der Waals surface area contributed by atoms with E-state index in [0.29, 0.717) is 16.8 Å². The number of primary amides is 1. The fourth-order valence-corrected chi connectivity index (χ4v) is 3.22. The first-order valence-electron chi connectivity index (χ1n) is 7.53. The van der Waals surface area contributed by atoms with Crippen molar-refractivity contribution in [2.75, 3.05) is 6.26 Å². The van der Waals surface area contributed by atoms with E-state index in [0.717, 1.165) is 17.4 Å². The molecule has 6 nitrogen and oxygen atoms in total. The number of H-pyrrole nitrogens is 1. The number of carbonyl (C=O) groups is 1. The van der Waals surface area contributed by atoms with E-state index in [9.17, 15) is 13.2 Å². The van der Waals surface area contributed by atoms with Crippen LogP contribution in [0, 0.1) is 6.92 Å². The Morgan fingerprint density at radius 3 is 2.08 bits per heavy atom. The summed E-state index contributed by atoms with van der Waals surface area (Å²) in [5.74, 6) is -0.609. The number of nitrogens with two attached hydrogens (primary N) is 1. The molecule has 0 radical (unpaired) electrons. The fraction of sp³-hybridized carbons (Fsp3) is 0.111. The number of aryl methyl sites for hydroxylation is 1. The molecular formula is C18H17N3O3S. The summed E-state index contributed by atoms with van der Waals surface area (Å²) >= 11 is 0. The maximum Gasteiger partial charge on any atom is 0.267 e. The molecule has 0 atom stereocenters. The molecule has 1 heterocycles. The maximum atomic E-state index is 11.8. The van der Waals surface area contributed by atoms with Crippen LogP contribution >= 0.6 is 0 Å². The Bertz CT molecular complexity index is 1030. The van der Waals surface area contributed by atoms with Crippen LogP contribution < -0.4 is 5.73 Å². The number of benzene rings is 2. The van der Waals surface area contributed by atoms with Crippen LogP contribution in [0.15, 0.2) is 53.4 Å². The minimum absolute atomic E-state index is 0.214. The number of aromatic amines is 1. The Hall–Kier alpha value is -2.93. The van der Waals surface area contributed by atoms with Gasteiger partial charge in [0.05, 0.1) is 4.90 Å². The van der Waals surface area contributed by atoms with E-state index in [1.165, 1.54) is 12.1 Å². The molecule has 1 amide bonds. The number of carbonyl (C=O) groups excluding carboxylic acids is 1. The number of nitrogens with one attached hydrogen (secondary N) is 1. The molecule has 0 bridgehead atoms. The van der Waals surface area contributed by atoms with Gasteiger partial charge in [-0.1, -0.05) is 42.0 Å². The minimum Gasteiger partial charge on any atom is -0.364 e. The first kappa shape index (κ1) is 16.9. The van der Waals surface area contributed by atoms with Crippen LogP contribution in [0.4, 0.5) is 0 Å². The summed E-state index contributed by atoms with van der Waals surface area (Å²) in [4.78, 5) is 12.0. The number of hydrogen-bond donors (Lipinski definition) is 2. The van der Waals surface area contributed by atoms with Gasteiger partial charge in [0.1, 0.15) is 11.4 Å². The third-order valence-electron chi connectivity index (χ3n) is 3.91. The van der Waals surface area contributed by atoms with E-state index in [1.54, 1.807) is 12.1 Å². The van der Waals surface area contributed by atoms with Gasteiger partial charge in [0, 0.05) is 17.4 Å². The van der Waals surface area contributed by atoms with Gasteiger partial charge in [-0.25, -0.2) is 8.42 Å². The lowest BCUT2D eigenvalue weighted by Gasteiger charge is -2.06. The second kappa shape index (κ2) is 6.18. The van der Waals surface area contributed by atoms with Crippen molar-refractivity contribution in [2.45, 2.75) is 11.8 Å². The van der Waals surface area contributed by atoms with Crippen molar-refractivity contribution in [2.24, 2.45) is 5.73 Å². The first-order valence-corrected chi connectivity index (χ1v) is 9.42. The normalized spacial score (nSPS) is 11.4. The third-order valence-corrected chi connectivity index (χ3v) is 5.04. The maximum absolute atomic E-state index is 11.8. The van der Waals surface area contributed by atoms with E-state index < -0.39 is 15.7 Å². The summed E-state index contributed by atoms with van der Waals surface area (Å²) in [6.07, 6.45) is 1.15. The van der Waals surface area contributed by atoms with Crippen LogP contribution in [0.3, 0.4) is 0 Å². The average Bonchev–Trinajstić information content (AvgIpc) is 3.00. The zero-order chi connectivity index (χ0) is 18.2. The highest BCUT2D eigenvalue weighted by Crippen LogP contribution is 2.33. The summed E-state index contributed by atoms with van der Waals surface area (Å²) in [7, 11) is -3.28. The van der Waals surface area contributed by atoms with Crippen LogP contribution in [-0.4, -0.2) is 30.8 Å². The molecule has 0 aliphatic heterocycles. The molecule has 3 N–H and O–H groups in total. The number of rotatable bonds is 4. The average molecular weight is 355 g/mol. The van der Waals surface area contributed by atoms with Gasteiger partial charge in [-0.15, -0.1) is 0 Å². The van der Waals surface area contributed by atoms with Gasteiger partial charge in [0.2, 0.25) is 0 Å². The molecule has 25 heavy (non-hydrogen) atoms. The Kier molecular flexibility index (Phi) is 4.18. The van der Waals surface area contributed by atoms with E-state index in [4.69, 9.17) is 5.73 Å². The van der Waals surface area contributed by atoms with Crippen LogP contribution in [0.5, 0.6) is 0 Å². The summed E-state index contributed by atoms with van der Waals surface area (Å²) in [5.41, 5.74) is 9.39. The lowest BCUT2D eigenvalue weighted by molar-refractivity contribution is 0.0996. The van der Waals surface area contributed by atoms with E-state index >= 15 is 0 Å². The second-order valence-electron chi connectivity index (χ2n) is 5.85. The lowest BCUT2D eigenvalue weighted by atomic mass is 9.98. The largest absolute Gasteiger partial charge is 0.364 e. The third kappa shape index (κ3) is 3.32. The monoisotopic (exact) mass is 355 g/mol. The van der Waals surface area contributed by atoms with E-state index in [-0.39, 0.29) is 10.6 Å². The Morgan fingerprint density at radius 1 is 1.00 bits per heavy atom. The predicted molar refractivity (Wildman–Crippen MR) is 95.8 cm³/mol. The van der Waals surface area contributed by atoms with Crippen molar-refractivity contribution < 1.29 is 13.2 Å². The van der Waals surface area contributed by atoms with Gasteiger partial charge in [-0.05, 0) is 24.6 Å². The molecule has 0 aliphatic carbocycles. The summed E-state index contributed by atoms with van der Waals surface area (Å²) in [6.45, 7) is 1.97. The van der Waals surface area contributed by atoms with Gasteiger partial charge in [-0.2, -0.15) is 5.10 Å². The summed E-state index contributed by atoms with van der Waals surface area (Å²) < 4.78 is 23.2.